The van der Waals surface area contributed by atoms with Crippen molar-refractivity contribution in [1.29, 1.82) is 0 Å². The molecule has 0 saturated carbocycles. The molecule has 0 aliphatic rings. The second kappa shape index (κ2) is 6.63. The lowest BCUT2D eigenvalue weighted by atomic mass is 9.85. The number of hydrogen-bond acceptors (Lipinski definition) is 4. The Morgan fingerprint density at radius 2 is 1.96 bits per heavy atom. The fraction of sp³-hybridized carbons (Fsp3) is 0.250. The second-order valence-corrected chi connectivity index (χ2v) is 7.06. The minimum absolute atomic E-state index is 0.104. The molecule has 134 valence electrons. The third-order valence-electron chi connectivity index (χ3n) is 4.12. The van der Waals surface area contributed by atoms with Gasteiger partial charge in [0.05, 0.1) is 11.9 Å². The summed E-state index contributed by atoms with van der Waals surface area (Å²) in [6.45, 7) is 6.16. The zero-order valence-electron chi connectivity index (χ0n) is 14.9. The molecule has 26 heavy (non-hydrogen) atoms. The Balaban J connectivity index is 2.10. The van der Waals surface area contributed by atoms with Crippen molar-refractivity contribution in [1.82, 2.24) is 9.55 Å². The van der Waals surface area contributed by atoms with Gasteiger partial charge in [0.1, 0.15) is 12.4 Å². The first kappa shape index (κ1) is 17.7. The Morgan fingerprint density at radius 1 is 1.27 bits per heavy atom. The zero-order valence-corrected chi connectivity index (χ0v) is 14.9. The van der Waals surface area contributed by atoms with Crippen LogP contribution in [0.4, 0.5) is 4.79 Å². The number of carboxylic acid groups (broad SMARTS) is 1. The maximum Gasteiger partial charge on any atom is 0.417 e. The van der Waals surface area contributed by atoms with E-state index in [0.717, 1.165) is 10.1 Å². The Morgan fingerprint density at radius 3 is 2.54 bits per heavy atom. The van der Waals surface area contributed by atoms with E-state index in [-0.39, 0.29) is 11.3 Å². The summed E-state index contributed by atoms with van der Waals surface area (Å²) in [6, 6.07) is 11.5. The van der Waals surface area contributed by atoms with Crippen molar-refractivity contribution in [2.24, 2.45) is 0 Å². The largest absolute Gasteiger partial charge is 0.487 e. The van der Waals surface area contributed by atoms with E-state index in [1.165, 1.54) is 6.20 Å². The highest BCUT2D eigenvalue weighted by Gasteiger charge is 2.29. The lowest BCUT2D eigenvalue weighted by Gasteiger charge is -2.19. The molecule has 6 nitrogen and oxygen atoms in total. The van der Waals surface area contributed by atoms with E-state index in [4.69, 9.17) is 4.74 Å². The molecule has 2 heterocycles. The van der Waals surface area contributed by atoms with Crippen LogP contribution in [0.2, 0.25) is 0 Å². The lowest BCUT2D eigenvalue weighted by molar-refractivity contribution is 0.111. The molecular formula is C20H20N2O4. The molecule has 6 heteroatoms. The maximum absolute atomic E-state index is 11.7. The summed E-state index contributed by atoms with van der Waals surface area (Å²) in [5.41, 5.74) is 1.56. The molecule has 0 fully saturated rings. The Kier molecular flexibility index (Phi) is 4.50. The standard InChI is InChI=1S/C20H20N2O4/c1-20(2,3)17-15-9-14(26-12-13-7-5-4-6-8-13)10-21-18(15)22(19(24)25)16(17)11-23/h4-11H,12H2,1-3H3,(H,24,25). The van der Waals surface area contributed by atoms with E-state index in [2.05, 4.69) is 4.98 Å². The number of fused-ring (bicyclic) bond motifs is 1. The van der Waals surface area contributed by atoms with Gasteiger partial charge in [-0.3, -0.25) is 4.79 Å². The van der Waals surface area contributed by atoms with Crippen molar-refractivity contribution in [3.8, 4) is 5.75 Å². The summed E-state index contributed by atoms with van der Waals surface area (Å²) in [6.07, 6.45) is 0.810. The Hall–Kier alpha value is -3.15. The van der Waals surface area contributed by atoms with Crippen LogP contribution in [-0.4, -0.2) is 27.0 Å². The molecular weight excluding hydrogens is 332 g/mol. The molecule has 1 N–H and O–H groups in total. The third-order valence-corrected chi connectivity index (χ3v) is 4.12. The third kappa shape index (κ3) is 3.18. The molecule has 0 saturated heterocycles. The second-order valence-electron chi connectivity index (χ2n) is 7.06. The van der Waals surface area contributed by atoms with Gasteiger partial charge in [0.25, 0.3) is 0 Å². The SMILES string of the molecule is CC(C)(C)c1c(C=O)n(C(=O)O)c2ncc(OCc3ccccc3)cc12. The summed E-state index contributed by atoms with van der Waals surface area (Å²) in [7, 11) is 0. The van der Waals surface area contributed by atoms with Crippen molar-refractivity contribution >= 4 is 23.4 Å². The summed E-state index contributed by atoms with van der Waals surface area (Å²) >= 11 is 0. The van der Waals surface area contributed by atoms with Crippen molar-refractivity contribution in [3.63, 3.8) is 0 Å². The van der Waals surface area contributed by atoms with Crippen LogP contribution in [0.1, 0.15) is 42.4 Å². The van der Waals surface area contributed by atoms with Crippen LogP contribution in [0.25, 0.3) is 11.0 Å². The van der Waals surface area contributed by atoms with Gasteiger partial charge < -0.3 is 9.84 Å². The van der Waals surface area contributed by atoms with Gasteiger partial charge in [0.15, 0.2) is 11.9 Å². The molecule has 0 aliphatic carbocycles. The molecule has 0 spiro atoms. The first-order valence-corrected chi connectivity index (χ1v) is 8.23. The predicted molar refractivity (Wildman–Crippen MR) is 98.0 cm³/mol. The molecule has 1 aromatic carbocycles. The highest BCUT2D eigenvalue weighted by molar-refractivity contribution is 5.99. The van der Waals surface area contributed by atoms with Gasteiger partial charge in [-0.1, -0.05) is 51.1 Å². The average molecular weight is 352 g/mol. The number of nitrogens with zero attached hydrogens (tertiary/aromatic N) is 2. The first-order valence-electron chi connectivity index (χ1n) is 8.23. The molecule has 3 rings (SSSR count). The molecule has 0 aliphatic heterocycles. The average Bonchev–Trinajstić information content (AvgIpc) is 2.94. The molecule has 2 aromatic heterocycles. The number of benzene rings is 1. The van der Waals surface area contributed by atoms with E-state index in [1.807, 2.05) is 51.1 Å². The van der Waals surface area contributed by atoms with Crippen LogP contribution in [0, 0.1) is 0 Å². The van der Waals surface area contributed by atoms with E-state index in [1.54, 1.807) is 6.07 Å². The summed E-state index contributed by atoms with van der Waals surface area (Å²) in [5.74, 6) is 0.520. The van der Waals surface area contributed by atoms with Gasteiger partial charge in [-0.05, 0) is 22.6 Å². The topological polar surface area (TPSA) is 81.4 Å². The van der Waals surface area contributed by atoms with Crippen LogP contribution in [-0.2, 0) is 12.0 Å². The fourth-order valence-electron chi connectivity index (χ4n) is 3.08. The van der Waals surface area contributed by atoms with Gasteiger partial charge in [-0.25, -0.2) is 14.3 Å². The smallest absolute Gasteiger partial charge is 0.417 e. The predicted octanol–water partition coefficient (Wildman–Crippen LogP) is 4.25. The highest BCUT2D eigenvalue weighted by Crippen LogP contribution is 2.35. The van der Waals surface area contributed by atoms with Crippen molar-refractivity contribution in [3.05, 3.63) is 59.4 Å². The summed E-state index contributed by atoms with van der Waals surface area (Å²) < 4.78 is 6.74. The summed E-state index contributed by atoms with van der Waals surface area (Å²) in [5, 5.41) is 10.1. The molecule has 0 atom stereocenters. The zero-order chi connectivity index (χ0) is 18.9. The van der Waals surface area contributed by atoms with Crippen LogP contribution < -0.4 is 4.74 Å². The quantitative estimate of drug-likeness (QED) is 0.710. The normalized spacial score (nSPS) is 11.5. The number of aldehydes is 1. The number of ether oxygens (including phenoxy) is 1. The van der Waals surface area contributed by atoms with Crippen molar-refractivity contribution in [2.45, 2.75) is 32.8 Å². The highest BCUT2D eigenvalue weighted by atomic mass is 16.5. The van der Waals surface area contributed by atoms with Crippen LogP contribution in [0.5, 0.6) is 5.75 Å². The number of carbonyl (C=O) groups excluding carboxylic acids is 1. The maximum atomic E-state index is 11.7. The Labute approximate surface area is 151 Å². The first-order chi connectivity index (χ1) is 12.3. The van der Waals surface area contributed by atoms with Crippen LogP contribution in [0.15, 0.2) is 42.6 Å². The van der Waals surface area contributed by atoms with Gasteiger partial charge in [0, 0.05) is 5.39 Å². The van der Waals surface area contributed by atoms with Crippen LogP contribution in [0.3, 0.4) is 0 Å². The van der Waals surface area contributed by atoms with Crippen LogP contribution >= 0.6 is 0 Å². The van der Waals surface area contributed by atoms with Crippen molar-refractivity contribution < 1.29 is 19.4 Å². The Bertz CT molecular complexity index is 969. The summed E-state index contributed by atoms with van der Waals surface area (Å²) in [4.78, 5) is 27.5. The van der Waals surface area contributed by atoms with Gasteiger partial charge in [-0.15, -0.1) is 0 Å². The molecule has 0 radical (unpaired) electrons. The molecule has 0 bridgehead atoms. The van der Waals surface area contributed by atoms with Gasteiger partial charge in [0.2, 0.25) is 0 Å². The monoisotopic (exact) mass is 352 g/mol. The number of aromatic nitrogens is 2. The molecule has 0 unspecified atom stereocenters. The van der Waals surface area contributed by atoms with Gasteiger partial charge >= 0.3 is 6.09 Å². The lowest BCUT2D eigenvalue weighted by Crippen LogP contribution is -2.17. The van der Waals surface area contributed by atoms with Crippen molar-refractivity contribution in [2.75, 3.05) is 0 Å². The minimum Gasteiger partial charge on any atom is -0.487 e. The molecule has 0 amide bonds. The fourth-order valence-corrected chi connectivity index (χ4v) is 3.08. The van der Waals surface area contributed by atoms with E-state index in [0.29, 0.717) is 29.6 Å². The van der Waals surface area contributed by atoms with Gasteiger partial charge in [-0.2, -0.15) is 0 Å². The number of pyridine rings is 1. The number of carbonyl (C=O) groups is 2. The molecule has 3 aromatic rings. The van der Waals surface area contributed by atoms with E-state index in [9.17, 15) is 14.7 Å². The minimum atomic E-state index is -1.24. The number of hydrogen-bond donors (Lipinski definition) is 1. The van der Waals surface area contributed by atoms with E-state index >= 15 is 0 Å². The van der Waals surface area contributed by atoms with E-state index < -0.39 is 11.5 Å². The number of rotatable bonds is 4.